The molecule has 3 rings (SSSR count). The smallest absolute Gasteiger partial charge is 0.267 e. The van der Waals surface area contributed by atoms with Crippen molar-refractivity contribution < 1.29 is 4.79 Å². The summed E-state index contributed by atoms with van der Waals surface area (Å²) in [6.07, 6.45) is 10.3. The molecular formula is C23H30N4O2S2. The van der Waals surface area contributed by atoms with Crippen LogP contribution in [0.3, 0.4) is 0 Å². The Balaban J connectivity index is 1.85. The number of thiocarbonyl (C=S) groups is 1. The van der Waals surface area contributed by atoms with Crippen molar-refractivity contribution in [3.05, 3.63) is 44.7 Å². The molecule has 0 bridgehead atoms. The number of amides is 1. The lowest BCUT2D eigenvalue weighted by molar-refractivity contribution is -0.122. The summed E-state index contributed by atoms with van der Waals surface area (Å²) in [5.74, 6) is 0.364. The van der Waals surface area contributed by atoms with E-state index in [9.17, 15) is 9.59 Å². The predicted octanol–water partition coefficient (Wildman–Crippen LogP) is 5.00. The molecule has 1 N–H and O–H groups in total. The summed E-state index contributed by atoms with van der Waals surface area (Å²) in [5, 5.41) is 3.17. The molecule has 1 aliphatic rings. The minimum absolute atomic E-state index is 0.125. The predicted molar refractivity (Wildman–Crippen MR) is 134 cm³/mol. The van der Waals surface area contributed by atoms with E-state index in [1.54, 1.807) is 17.2 Å². The van der Waals surface area contributed by atoms with Gasteiger partial charge in [0.2, 0.25) is 0 Å². The fraction of sp³-hybridized carbons (Fsp3) is 0.478. The lowest BCUT2D eigenvalue weighted by Gasteiger charge is -2.14. The number of carbonyl (C=O) groups is 1. The van der Waals surface area contributed by atoms with Gasteiger partial charge in [0.1, 0.15) is 15.8 Å². The molecule has 0 atom stereocenters. The first-order valence-electron chi connectivity index (χ1n) is 11.0. The largest absolute Gasteiger partial charge is 0.370 e. The Bertz CT molecular complexity index is 1060. The highest BCUT2D eigenvalue weighted by molar-refractivity contribution is 8.26. The Hall–Kier alpha value is -2.19. The van der Waals surface area contributed by atoms with E-state index in [0.29, 0.717) is 39.3 Å². The molecule has 0 unspecified atom stereocenters. The number of nitrogens with zero attached hydrogens (tertiary/aromatic N) is 3. The number of carbonyl (C=O) groups excluding carboxylic acids is 1. The number of fused-ring (bicyclic) bond motifs is 1. The molecule has 1 saturated heterocycles. The van der Waals surface area contributed by atoms with E-state index < -0.39 is 0 Å². The summed E-state index contributed by atoms with van der Waals surface area (Å²) in [6, 6.07) is 3.74. The highest BCUT2D eigenvalue weighted by Crippen LogP contribution is 2.33. The fourth-order valence-electron chi connectivity index (χ4n) is 3.62. The van der Waals surface area contributed by atoms with Gasteiger partial charge in [-0.3, -0.25) is 18.9 Å². The lowest BCUT2D eigenvalue weighted by Crippen LogP contribution is -2.29. The van der Waals surface area contributed by atoms with Crippen molar-refractivity contribution in [1.82, 2.24) is 14.3 Å². The third kappa shape index (κ3) is 5.36. The summed E-state index contributed by atoms with van der Waals surface area (Å²) in [7, 11) is 0. The van der Waals surface area contributed by atoms with Crippen molar-refractivity contribution in [2.45, 2.75) is 59.3 Å². The third-order valence-corrected chi connectivity index (χ3v) is 6.69. The van der Waals surface area contributed by atoms with Gasteiger partial charge in [0.05, 0.1) is 10.5 Å². The van der Waals surface area contributed by atoms with E-state index in [0.717, 1.165) is 18.4 Å². The van der Waals surface area contributed by atoms with Gasteiger partial charge < -0.3 is 5.32 Å². The summed E-state index contributed by atoms with van der Waals surface area (Å²) < 4.78 is 2.08. The van der Waals surface area contributed by atoms with E-state index in [-0.39, 0.29) is 11.5 Å². The second-order valence-corrected chi connectivity index (χ2v) is 9.37. The van der Waals surface area contributed by atoms with Gasteiger partial charge in [0.15, 0.2) is 0 Å². The Morgan fingerprint density at radius 1 is 1.16 bits per heavy atom. The summed E-state index contributed by atoms with van der Waals surface area (Å²) >= 11 is 6.71. The molecule has 0 saturated carbocycles. The number of rotatable bonds is 10. The maximum absolute atomic E-state index is 13.2. The second-order valence-electron chi connectivity index (χ2n) is 7.70. The number of nitrogens with one attached hydrogen (secondary N) is 1. The Kier molecular flexibility index (Phi) is 8.26. The molecule has 1 amide bonds. The van der Waals surface area contributed by atoms with E-state index in [4.69, 9.17) is 12.2 Å². The summed E-state index contributed by atoms with van der Waals surface area (Å²) in [6.45, 7) is 7.32. The van der Waals surface area contributed by atoms with Crippen LogP contribution in [0.15, 0.2) is 28.0 Å². The van der Waals surface area contributed by atoms with E-state index in [1.165, 1.54) is 41.8 Å². The van der Waals surface area contributed by atoms with Crippen LogP contribution in [0.5, 0.6) is 0 Å². The standard InChI is InChI=1S/C23H30N4O2S2/c1-4-6-7-8-9-10-13-27-22(29)18(31-23(27)30)15-17-19(24-5-2)25-20-16(3)12-11-14-26(20)21(17)28/h11-12,14-15,24H,4-10,13H2,1-3H3/b18-15-. The van der Waals surface area contributed by atoms with Crippen LogP contribution in [-0.4, -0.2) is 37.6 Å². The van der Waals surface area contributed by atoms with Crippen molar-refractivity contribution >= 4 is 51.7 Å². The molecule has 0 aromatic carbocycles. The Morgan fingerprint density at radius 2 is 1.90 bits per heavy atom. The summed E-state index contributed by atoms with van der Waals surface area (Å²) in [5.41, 5.74) is 1.70. The number of aryl methyl sites for hydroxylation is 1. The first-order chi connectivity index (χ1) is 15.0. The molecule has 8 heteroatoms. The zero-order chi connectivity index (χ0) is 22.4. The van der Waals surface area contributed by atoms with Crippen molar-refractivity contribution in [2.24, 2.45) is 0 Å². The molecule has 3 heterocycles. The number of hydrogen-bond donors (Lipinski definition) is 1. The van der Waals surface area contributed by atoms with Crippen LogP contribution in [-0.2, 0) is 4.79 Å². The highest BCUT2D eigenvalue weighted by atomic mass is 32.2. The van der Waals surface area contributed by atoms with E-state index in [2.05, 4.69) is 17.2 Å². The SMILES string of the molecule is CCCCCCCCN1C(=O)/C(=C/c2c(NCC)nc3c(C)cccn3c2=O)SC1=S. The van der Waals surface area contributed by atoms with E-state index >= 15 is 0 Å². The molecule has 2 aromatic rings. The molecule has 0 radical (unpaired) electrons. The quantitative estimate of drug-likeness (QED) is 0.307. The second kappa shape index (κ2) is 10.9. The topological polar surface area (TPSA) is 66.7 Å². The Labute approximate surface area is 193 Å². The van der Waals surface area contributed by atoms with Crippen molar-refractivity contribution in [3.8, 4) is 0 Å². The lowest BCUT2D eigenvalue weighted by atomic mass is 10.1. The molecule has 31 heavy (non-hydrogen) atoms. The monoisotopic (exact) mass is 458 g/mol. The van der Waals surface area contributed by atoms with Crippen LogP contribution in [0.1, 0.15) is 63.5 Å². The minimum Gasteiger partial charge on any atom is -0.370 e. The van der Waals surface area contributed by atoms with Crippen LogP contribution in [0.2, 0.25) is 0 Å². The molecular weight excluding hydrogens is 428 g/mol. The van der Waals surface area contributed by atoms with Gasteiger partial charge in [-0.1, -0.05) is 69.1 Å². The van der Waals surface area contributed by atoms with Crippen molar-refractivity contribution in [2.75, 3.05) is 18.4 Å². The molecule has 0 spiro atoms. The van der Waals surface area contributed by atoms with Crippen molar-refractivity contribution in [3.63, 3.8) is 0 Å². The van der Waals surface area contributed by atoms with Gasteiger partial charge >= 0.3 is 0 Å². The van der Waals surface area contributed by atoms with Gasteiger partial charge in [-0.05, 0) is 38.0 Å². The van der Waals surface area contributed by atoms with Crippen LogP contribution in [0, 0.1) is 6.92 Å². The van der Waals surface area contributed by atoms with Gasteiger partial charge in [0, 0.05) is 19.3 Å². The van der Waals surface area contributed by atoms with Gasteiger partial charge in [0.25, 0.3) is 11.5 Å². The third-order valence-electron chi connectivity index (χ3n) is 5.31. The van der Waals surface area contributed by atoms with Gasteiger partial charge in [-0.2, -0.15) is 0 Å². The maximum atomic E-state index is 13.2. The molecule has 1 aliphatic heterocycles. The minimum atomic E-state index is -0.203. The van der Waals surface area contributed by atoms with Crippen molar-refractivity contribution in [1.29, 1.82) is 0 Å². The van der Waals surface area contributed by atoms with Crippen LogP contribution >= 0.6 is 24.0 Å². The summed E-state index contributed by atoms with van der Waals surface area (Å²) in [4.78, 5) is 33.0. The van der Waals surface area contributed by atoms with Gasteiger partial charge in [-0.25, -0.2) is 4.98 Å². The molecule has 166 valence electrons. The van der Waals surface area contributed by atoms with E-state index in [1.807, 2.05) is 26.0 Å². The van der Waals surface area contributed by atoms with Gasteiger partial charge in [-0.15, -0.1) is 0 Å². The van der Waals surface area contributed by atoms with Crippen LogP contribution < -0.4 is 10.9 Å². The normalized spacial score (nSPS) is 15.5. The number of unbranched alkanes of at least 4 members (excludes halogenated alkanes) is 5. The first kappa shape index (κ1) is 23.5. The fourth-order valence-corrected chi connectivity index (χ4v) is 4.91. The number of pyridine rings is 1. The molecule has 1 fully saturated rings. The number of anilines is 1. The Morgan fingerprint density at radius 3 is 2.65 bits per heavy atom. The number of thioether (sulfide) groups is 1. The first-order valence-corrected chi connectivity index (χ1v) is 12.2. The number of aromatic nitrogens is 2. The molecule has 0 aliphatic carbocycles. The average molecular weight is 459 g/mol. The highest BCUT2D eigenvalue weighted by Gasteiger charge is 2.32. The van der Waals surface area contributed by atoms with Crippen LogP contribution in [0.4, 0.5) is 5.82 Å². The van der Waals surface area contributed by atoms with Crippen LogP contribution in [0.25, 0.3) is 11.7 Å². The molecule has 6 nitrogen and oxygen atoms in total. The maximum Gasteiger partial charge on any atom is 0.267 e. The number of hydrogen-bond acceptors (Lipinski definition) is 6. The molecule has 2 aromatic heterocycles. The zero-order valence-electron chi connectivity index (χ0n) is 18.4. The zero-order valence-corrected chi connectivity index (χ0v) is 20.1. The average Bonchev–Trinajstić information content (AvgIpc) is 3.01.